The Balaban J connectivity index is 1.69. The van der Waals surface area contributed by atoms with Crippen molar-refractivity contribution >= 4 is 39.3 Å². The number of fused-ring (bicyclic) bond motifs is 1. The molecule has 4 rings (SSSR count). The van der Waals surface area contributed by atoms with Gasteiger partial charge in [0.2, 0.25) is 0 Å². The van der Waals surface area contributed by atoms with E-state index in [1.807, 2.05) is 30.3 Å². The van der Waals surface area contributed by atoms with Crippen LogP contribution in [0.1, 0.15) is 5.01 Å². The van der Waals surface area contributed by atoms with Crippen LogP contribution < -0.4 is 10.9 Å². The van der Waals surface area contributed by atoms with Crippen molar-refractivity contribution in [3.63, 3.8) is 0 Å². The van der Waals surface area contributed by atoms with Crippen LogP contribution in [0.25, 0.3) is 27.8 Å². The molecule has 2 aromatic heterocycles. The van der Waals surface area contributed by atoms with Crippen molar-refractivity contribution in [3.05, 3.63) is 91.7 Å². The molecule has 0 fully saturated rings. The van der Waals surface area contributed by atoms with E-state index < -0.39 is 10.5 Å². The lowest BCUT2D eigenvalue weighted by atomic mass is 10.1. The number of nitro benzene ring substituents is 1. The van der Waals surface area contributed by atoms with Crippen molar-refractivity contribution < 1.29 is 9.34 Å². The predicted octanol–water partition coefficient (Wildman–Crippen LogP) is 4.80. The normalized spacial score (nSPS) is 11.2. The van der Waals surface area contributed by atoms with Crippen LogP contribution in [0, 0.1) is 21.4 Å². The first-order valence-electron chi connectivity index (χ1n) is 8.65. The van der Waals surface area contributed by atoms with Crippen molar-refractivity contribution in [3.8, 4) is 17.3 Å². The van der Waals surface area contributed by atoms with Gasteiger partial charge in [0.25, 0.3) is 5.69 Å². The molecule has 0 aliphatic carbocycles. The van der Waals surface area contributed by atoms with Crippen LogP contribution >= 0.6 is 11.3 Å². The van der Waals surface area contributed by atoms with Crippen LogP contribution in [0.15, 0.2) is 75.4 Å². The summed E-state index contributed by atoms with van der Waals surface area (Å²) in [4.78, 5) is 27.2. The summed E-state index contributed by atoms with van der Waals surface area (Å²) in [5.74, 6) is 0. The molecule has 0 spiro atoms. The van der Waals surface area contributed by atoms with E-state index in [1.165, 1.54) is 35.6 Å². The molecule has 0 amide bonds. The number of rotatable bonds is 5. The molecule has 2 aromatic carbocycles. The average Bonchev–Trinajstić information content (AvgIpc) is 3.24. The van der Waals surface area contributed by atoms with Gasteiger partial charge in [0.15, 0.2) is 0 Å². The van der Waals surface area contributed by atoms with Gasteiger partial charge < -0.3 is 9.73 Å². The monoisotopic (exact) mass is 416 g/mol. The minimum absolute atomic E-state index is 0.108. The number of non-ortho nitro benzene ring substituents is 1. The van der Waals surface area contributed by atoms with E-state index in [-0.39, 0.29) is 16.8 Å². The second-order valence-electron chi connectivity index (χ2n) is 6.14. The molecule has 1 N–H and O–H groups in total. The number of hydrogen-bond donors (Lipinski definition) is 1. The maximum absolute atomic E-state index is 12.4. The molecule has 0 saturated carbocycles. The van der Waals surface area contributed by atoms with Gasteiger partial charge >= 0.3 is 5.63 Å². The maximum atomic E-state index is 12.4. The van der Waals surface area contributed by atoms with E-state index in [1.54, 1.807) is 11.6 Å². The lowest BCUT2D eigenvalue weighted by molar-refractivity contribution is -0.384. The topological polar surface area (TPSA) is 122 Å². The lowest BCUT2D eigenvalue weighted by Gasteiger charge is -2.01. The first-order chi connectivity index (χ1) is 14.5. The van der Waals surface area contributed by atoms with E-state index in [0.29, 0.717) is 21.7 Å². The van der Waals surface area contributed by atoms with E-state index in [2.05, 4.69) is 16.4 Å². The molecule has 0 aliphatic heterocycles. The van der Waals surface area contributed by atoms with Crippen LogP contribution in [0.4, 0.5) is 11.4 Å². The number of thiazole rings is 1. The number of anilines is 1. The van der Waals surface area contributed by atoms with Gasteiger partial charge in [-0.25, -0.2) is 9.78 Å². The summed E-state index contributed by atoms with van der Waals surface area (Å²) >= 11 is 1.20. The number of nitro groups is 1. The summed E-state index contributed by atoms with van der Waals surface area (Å²) in [6.45, 7) is 0. The largest absolute Gasteiger partial charge is 0.422 e. The van der Waals surface area contributed by atoms with Crippen molar-refractivity contribution in [2.45, 2.75) is 0 Å². The minimum Gasteiger partial charge on any atom is -0.422 e. The minimum atomic E-state index is -0.613. The van der Waals surface area contributed by atoms with E-state index in [4.69, 9.17) is 4.42 Å². The molecular weight excluding hydrogens is 404 g/mol. The van der Waals surface area contributed by atoms with Gasteiger partial charge in [0.05, 0.1) is 16.2 Å². The second kappa shape index (κ2) is 7.98. The smallest absolute Gasteiger partial charge is 0.345 e. The Bertz CT molecular complexity index is 1380. The van der Waals surface area contributed by atoms with Crippen LogP contribution in [0.5, 0.6) is 0 Å². The van der Waals surface area contributed by atoms with Gasteiger partial charge in [0.1, 0.15) is 22.2 Å². The molecule has 2 heterocycles. The molecule has 0 atom stereocenters. The van der Waals surface area contributed by atoms with Crippen LogP contribution in [-0.2, 0) is 0 Å². The Morgan fingerprint density at radius 2 is 2.03 bits per heavy atom. The van der Waals surface area contributed by atoms with Crippen LogP contribution in [0.2, 0.25) is 0 Å². The fraction of sp³-hybridized carbons (Fsp3) is 0. The first-order valence-corrected chi connectivity index (χ1v) is 9.53. The number of nitriles is 1. The Kier molecular flexibility index (Phi) is 5.07. The van der Waals surface area contributed by atoms with E-state index in [0.717, 1.165) is 5.69 Å². The van der Waals surface area contributed by atoms with Gasteiger partial charge in [-0.05, 0) is 24.3 Å². The summed E-state index contributed by atoms with van der Waals surface area (Å²) in [5.41, 5.74) is 1.14. The zero-order valence-corrected chi connectivity index (χ0v) is 16.1. The molecule has 0 radical (unpaired) electrons. The SMILES string of the molecule is N#C/C(=C\Nc1ccccc1)c1nc(-c2cc3cc([N+](=O)[O-])ccc3oc2=O)cs1. The molecule has 8 nitrogen and oxygen atoms in total. The zero-order valence-electron chi connectivity index (χ0n) is 15.2. The molecule has 0 bridgehead atoms. The lowest BCUT2D eigenvalue weighted by Crippen LogP contribution is -2.03. The predicted molar refractivity (Wildman–Crippen MR) is 114 cm³/mol. The molecule has 0 unspecified atom stereocenters. The van der Waals surface area contributed by atoms with Crippen molar-refractivity contribution in [1.82, 2.24) is 4.98 Å². The number of allylic oxidation sites excluding steroid dienone is 1. The number of benzene rings is 2. The zero-order chi connectivity index (χ0) is 21.1. The number of aromatic nitrogens is 1. The molecule has 0 aliphatic rings. The maximum Gasteiger partial charge on any atom is 0.345 e. The van der Waals surface area contributed by atoms with Crippen molar-refractivity contribution in [1.29, 1.82) is 5.26 Å². The number of hydrogen-bond acceptors (Lipinski definition) is 8. The standard InChI is InChI=1S/C21H12N4O4S/c22-10-14(11-23-15-4-2-1-3-5-15)20-24-18(12-30-20)17-9-13-8-16(25(27)28)6-7-19(13)29-21(17)26/h1-9,11-12,23H/b14-11+. The van der Waals surface area contributed by atoms with Gasteiger partial charge in [-0.2, -0.15) is 5.26 Å². The Labute approximate surface area is 173 Å². The Morgan fingerprint density at radius 3 is 2.77 bits per heavy atom. The molecule has 0 saturated heterocycles. The highest BCUT2D eigenvalue weighted by molar-refractivity contribution is 7.11. The Hall–Kier alpha value is -4.29. The van der Waals surface area contributed by atoms with E-state index in [9.17, 15) is 20.2 Å². The molecular formula is C21H12N4O4S. The van der Waals surface area contributed by atoms with E-state index >= 15 is 0 Å². The fourth-order valence-electron chi connectivity index (χ4n) is 2.76. The van der Waals surface area contributed by atoms with Gasteiger partial charge in [-0.3, -0.25) is 10.1 Å². The molecule has 9 heteroatoms. The third-order valence-electron chi connectivity index (χ3n) is 4.21. The summed E-state index contributed by atoms with van der Waals surface area (Å²) in [6, 6.07) is 16.9. The van der Waals surface area contributed by atoms with Gasteiger partial charge in [-0.1, -0.05) is 18.2 Å². The Morgan fingerprint density at radius 1 is 1.23 bits per heavy atom. The summed E-state index contributed by atoms with van der Waals surface area (Å²) in [7, 11) is 0. The molecule has 30 heavy (non-hydrogen) atoms. The number of para-hydroxylation sites is 1. The summed E-state index contributed by atoms with van der Waals surface area (Å²) < 4.78 is 5.28. The van der Waals surface area contributed by atoms with Gasteiger partial charge in [-0.15, -0.1) is 11.3 Å². The van der Waals surface area contributed by atoms with Crippen molar-refractivity contribution in [2.24, 2.45) is 0 Å². The fourth-order valence-corrected chi connectivity index (χ4v) is 3.54. The number of nitrogens with one attached hydrogen (secondary N) is 1. The summed E-state index contributed by atoms with van der Waals surface area (Å²) in [5, 5.41) is 26.0. The quantitative estimate of drug-likeness (QED) is 0.214. The highest BCUT2D eigenvalue weighted by Crippen LogP contribution is 2.27. The molecule has 146 valence electrons. The van der Waals surface area contributed by atoms with Crippen LogP contribution in [-0.4, -0.2) is 9.91 Å². The third kappa shape index (κ3) is 3.80. The third-order valence-corrected chi connectivity index (χ3v) is 5.09. The first kappa shape index (κ1) is 19.0. The van der Waals surface area contributed by atoms with Crippen molar-refractivity contribution in [2.75, 3.05) is 5.32 Å². The number of nitrogens with zero attached hydrogens (tertiary/aromatic N) is 3. The van der Waals surface area contributed by atoms with Crippen LogP contribution in [0.3, 0.4) is 0 Å². The summed E-state index contributed by atoms with van der Waals surface area (Å²) in [6.07, 6.45) is 1.55. The van der Waals surface area contributed by atoms with Gasteiger partial charge in [0, 0.05) is 34.8 Å². The average molecular weight is 416 g/mol. The second-order valence-corrected chi connectivity index (χ2v) is 7.00. The highest BCUT2D eigenvalue weighted by Gasteiger charge is 2.15. The molecule has 4 aromatic rings. The highest BCUT2D eigenvalue weighted by atomic mass is 32.1.